The molecule has 0 aliphatic rings. The summed E-state index contributed by atoms with van der Waals surface area (Å²) in [5.74, 6) is -1.67. The zero-order chi connectivity index (χ0) is 18.4. The summed E-state index contributed by atoms with van der Waals surface area (Å²) in [4.78, 5) is 23.5. The quantitative estimate of drug-likeness (QED) is 0.833. The van der Waals surface area contributed by atoms with Crippen molar-refractivity contribution in [1.82, 2.24) is 0 Å². The Morgan fingerprint density at radius 3 is 2.36 bits per heavy atom. The van der Waals surface area contributed by atoms with E-state index in [4.69, 9.17) is 4.74 Å². The predicted molar refractivity (Wildman–Crippen MR) is 83.2 cm³/mol. The van der Waals surface area contributed by atoms with Crippen molar-refractivity contribution in [1.29, 1.82) is 0 Å². The molecule has 0 spiro atoms. The van der Waals surface area contributed by atoms with Crippen LogP contribution < -0.4 is 10.1 Å². The monoisotopic (exact) mass is 353 g/mol. The number of alkyl halides is 3. The number of benzene rings is 2. The van der Waals surface area contributed by atoms with Crippen LogP contribution in [0.5, 0.6) is 5.75 Å². The van der Waals surface area contributed by atoms with Crippen LogP contribution in [0.2, 0.25) is 0 Å². The third-order valence-corrected chi connectivity index (χ3v) is 2.96. The summed E-state index contributed by atoms with van der Waals surface area (Å²) in [6, 6.07) is 11.3. The number of anilines is 1. The summed E-state index contributed by atoms with van der Waals surface area (Å²) in [5.41, 5.74) is 1.44. The number of hydrogen-bond donors (Lipinski definition) is 1. The Bertz CT molecular complexity index is 757. The maximum atomic E-state index is 12.1. The molecule has 0 saturated heterocycles. The fraction of sp³-hybridized carbons (Fsp3) is 0.176. The van der Waals surface area contributed by atoms with Crippen LogP contribution in [0.15, 0.2) is 48.5 Å². The lowest BCUT2D eigenvalue weighted by Gasteiger charge is -2.10. The Kier molecular flexibility index (Phi) is 5.63. The molecule has 1 N–H and O–H groups in total. The van der Waals surface area contributed by atoms with Crippen molar-refractivity contribution in [3.05, 3.63) is 59.7 Å². The van der Waals surface area contributed by atoms with Crippen LogP contribution >= 0.6 is 0 Å². The Labute approximate surface area is 141 Å². The highest BCUT2D eigenvalue weighted by Crippen LogP contribution is 2.23. The average molecular weight is 353 g/mol. The SMILES string of the molecule is Cc1cccc(C(=O)OCC(=O)Nc2ccc(OC(F)(F)F)cc2)c1. The van der Waals surface area contributed by atoms with Crippen LogP contribution in [-0.2, 0) is 9.53 Å². The third-order valence-electron chi connectivity index (χ3n) is 2.96. The van der Waals surface area contributed by atoms with Crippen molar-refractivity contribution >= 4 is 17.6 Å². The molecule has 0 saturated carbocycles. The molecule has 0 aromatic heterocycles. The molecule has 2 aromatic rings. The molecule has 0 unspecified atom stereocenters. The number of esters is 1. The highest BCUT2D eigenvalue weighted by atomic mass is 19.4. The van der Waals surface area contributed by atoms with Crippen molar-refractivity contribution in [3.8, 4) is 5.75 Å². The van der Waals surface area contributed by atoms with Crippen LogP contribution in [0.25, 0.3) is 0 Å². The minimum absolute atomic E-state index is 0.242. The predicted octanol–water partition coefficient (Wildman–Crippen LogP) is 3.69. The number of aryl methyl sites for hydroxylation is 1. The molecule has 8 heteroatoms. The molecule has 5 nitrogen and oxygen atoms in total. The molecule has 0 aliphatic carbocycles. The van der Waals surface area contributed by atoms with Gasteiger partial charge in [0.15, 0.2) is 6.61 Å². The van der Waals surface area contributed by atoms with Gasteiger partial charge in [-0.05, 0) is 43.3 Å². The lowest BCUT2D eigenvalue weighted by molar-refractivity contribution is -0.274. The van der Waals surface area contributed by atoms with E-state index in [-0.39, 0.29) is 5.69 Å². The molecule has 0 atom stereocenters. The van der Waals surface area contributed by atoms with Crippen LogP contribution in [0.1, 0.15) is 15.9 Å². The summed E-state index contributed by atoms with van der Waals surface area (Å²) in [7, 11) is 0. The van der Waals surface area contributed by atoms with E-state index >= 15 is 0 Å². The Balaban J connectivity index is 1.85. The average Bonchev–Trinajstić information content (AvgIpc) is 2.53. The Morgan fingerprint density at radius 2 is 1.76 bits per heavy atom. The Hall–Kier alpha value is -3.03. The molecule has 0 heterocycles. The first-order valence-corrected chi connectivity index (χ1v) is 7.12. The molecule has 1 amide bonds. The number of ether oxygens (including phenoxy) is 2. The lowest BCUT2D eigenvalue weighted by atomic mass is 10.1. The van der Waals surface area contributed by atoms with Crippen LogP contribution in [0.4, 0.5) is 18.9 Å². The van der Waals surface area contributed by atoms with Gasteiger partial charge in [0.2, 0.25) is 0 Å². The normalized spacial score (nSPS) is 10.9. The second kappa shape index (κ2) is 7.69. The summed E-state index contributed by atoms with van der Waals surface area (Å²) >= 11 is 0. The van der Waals surface area contributed by atoms with E-state index in [1.165, 1.54) is 12.1 Å². The lowest BCUT2D eigenvalue weighted by Crippen LogP contribution is -2.21. The van der Waals surface area contributed by atoms with Gasteiger partial charge in [-0.1, -0.05) is 17.7 Å². The topological polar surface area (TPSA) is 64.6 Å². The van der Waals surface area contributed by atoms with Crippen molar-refractivity contribution in [2.24, 2.45) is 0 Å². The van der Waals surface area contributed by atoms with Gasteiger partial charge in [-0.25, -0.2) is 4.79 Å². The van der Waals surface area contributed by atoms with Gasteiger partial charge < -0.3 is 14.8 Å². The first-order valence-electron chi connectivity index (χ1n) is 7.12. The van der Waals surface area contributed by atoms with Crippen LogP contribution in [0, 0.1) is 6.92 Å². The number of halogens is 3. The van der Waals surface area contributed by atoms with Gasteiger partial charge in [0.25, 0.3) is 5.91 Å². The number of carbonyl (C=O) groups is 2. The van der Waals surface area contributed by atoms with Gasteiger partial charge in [0.1, 0.15) is 5.75 Å². The van der Waals surface area contributed by atoms with Gasteiger partial charge >= 0.3 is 12.3 Å². The van der Waals surface area contributed by atoms with E-state index in [0.29, 0.717) is 5.56 Å². The minimum Gasteiger partial charge on any atom is -0.452 e. The first kappa shape index (κ1) is 18.3. The molecule has 2 rings (SSSR count). The molecule has 0 aliphatic heterocycles. The van der Waals surface area contributed by atoms with Crippen molar-refractivity contribution in [3.63, 3.8) is 0 Å². The smallest absolute Gasteiger partial charge is 0.452 e. The van der Waals surface area contributed by atoms with Crippen molar-refractivity contribution in [2.75, 3.05) is 11.9 Å². The van der Waals surface area contributed by atoms with E-state index < -0.39 is 30.6 Å². The minimum atomic E-state index is -4.78. The highest BCUT2D eigenvalue weighted by molar-refractivity contribution is 5.95. The number of hydrogen-bond acceptors (Lipinski definition) is 4. The van der Waals surface area contributed by atoms with Crippen molar-refractivity contribution in [2.45, 2.75) is 13.3 Å². The maximum Gasteiger partial charge on any atom is 0.573 e. The molecule has 132 valence electrons. The van der Waals surface area contributed by atoms with Crippen LogP contribution in [-0.4, -0.2) is 24.8 Å². The molecule has 2 aromatic carbocycles. The van der Waals surface area contributed by atoms with E-state index in [1.54, 1.807) is 18.2 Å². The van der Waals surface area contributed by atoms with Crippen molar-refractivity contribution < 1.29 is 32.2 Å². The maximum absolute atomic E-state index is 12.1. The fourth-order valence-electron chi connectivity index (χ4n) is 1.92. The summed E-state index contributed by atoms with van der Waals surface area (Å²) in [5, 5.41) is 2.40. The molecular formula is C17H14F3NO4. The zero-order valence-electron chi connectivity index (χ0n) is 13.1. The second-order valence-electron chi connectivity index (χ2n) is 5.07. The molecule has 0 radical (unpaired) electrons. The molecule has 0 bridgehead atoms. The molecule has 0 fully saturated rings. The van der Waals surface area contributed by atoms with Gasteiger partial charge in [0.05, 0.1) is 5.56 Å². The summed E-state index contributed by atoms with van der Waals surface area (Å²) in [6.07, 6.45) is -4.78. The Morgan fingerprint density at radius 1 is 1.08 bits per heavy atom. The van der Waals surface area contributed by atoms with E-state index in [1.807, 2.05) is 13.0 Å². The zero-order valence-corrected chi connectivity index (χ0v) is 13.1. The van der Waals surface area contributed by atoms with Gasteiger partial charge in [-0.15, -0.1) is 13.2 Å². The summed E-state index contributed by atoms with van der Waals surface area (Å²) in [6.45, 7) is 1.29. The number of amides is 1. The second-order valence-corrected chi connectivity index (χ2v) is 5.07. The van der Waals surface area contributed by atoms with E-state index in [0.717, 1.165) is 17.7 Å². The molecular weight excluding hydrogens is 339 g/mol. The number of nitrogens with one attached hydrogen (secondary N) is 1. The third kappa shape index (κ3) is 6.17. The number of rotatable bonds is 5. The summed E-state index contributed by atoms with van der Waals surface area (Å²) < 4.78 is 44.8. The highest BCUT2D eigenvalue weighted by Gasteiger charge is 2.30. The standard InChI is InChI=1S/C17H14F3NO4/c1-11-3-2-4-12(9-11)16(23)24-10-15(22)21-13-5-7-14(8-6-13)25-17(18,19)20/h2-9H,10H2,1H3,(H,21,22). The van der Waals surface area contributed by atoms with E-state index in [9.17, 15) is 22.8 Å². The van der Waals surface area contributed by atoms with Crippen LogP contribution in [0.3, 0.4) is 0 Å². The molecule has 25 heavy (non-hydrogen) atoms. The fourth-order valence-corrected chi connectivity index (χ4v) is 1.92. The largest absolute Gasteiger partial charge is 0.573 e. The van der Waals surface area contributed by atoms with E-state index in [2.05, 4.69) is 10.1 Å². The van der Waals surface area contributed by atoms with Gasteiger partial charge in [-0.3, -0.25) is 4.79 Å². The van der Waals surface area contributed by atoms with Gasteiger partial charge in [0, 0.05) is 5.69 Å². The first-order chi connectivity index (χ1) is 11.7. The number of carbonyl (C=O) groups excluding carboxylic acids is 2. The van der Waals surface area contributed by atoms with Gasteiger partial charge in [-0.2, -0.15) is 0 Å².